The summed E-state index contributed by atoms with van der Waals surface area (Å²) >= 11 is 7.73. The van der Waals surface area contributed by atoms with Crippen molar-refractivity contribution in [3.63, 3.8) is 0 Å². The van der Waals surface area contributed by atoms with Crippen LogP contribution in [0.25, 0.3) is 0 Å². The minimum atomic E-state index is 0.602. The Kier molecular flexibility index (Phi) is 3.58. The quantitative estimate of drug-likeness (QED) is 0.771. The molecule has 0 bridgehead atoms. The Morgan fingerprint density at radius 3 is 2.68 bits per heavy atom. The van der Waals surface area contributed by atoms with Crippen LogP contribution in [0, 0.1) is 0 Å². The normalized spacial score (nSPS) is 12.8. The number of hydrogen-bond donors (Lipinski definition) is 0. The largest absolute Gasteiger partial charge is 0.497 e. The zero-order valence-corrected chi connectivity index (χ0v) is 12.2. The molecule has 1 aliphatic heterocycles. The first kappa shape index (κ1) is 12.7. The van der Waals surface area contributed by atoms with Gasteiger partial charge < -0.3 is 9.64 Å². The van der Waals surface area contributed by atoms with E-state index < -0.39 is 0 Å². The maximum atomic E-state index is 5.95. The predicted octanol–water partition coefficient (Wildman–Crippen LogP) is 4.54. The lowest BCUT2D eigenvalue weighted by molar-refractivity contribution is 0.413. The summed E-state index contributed by atoms with van der Waals surface area (Å²) in [6, 6.07) is 14.6. The molecule has 1 heterocycles. The number of methoxy groups -OCH3 is 1. The average molecular weight is 292 g/mol. The lowest BCUT2D eigenvalue weighted by atomic mass is 10.2. The van der Waals surface area contributed by atoms with Crippen LogP contribution in [-0.2, 0) is 0 Å². The van der Waals surface area contributed by atoms with E-state index in [9.17, 15) is 0 Å². The maximum absolute atomic E-state index is 5.95. The van der Waals surface area contributed by atoms with Gasteiger partial charge >= 0.3 is 0 Å². The standard InChI is InChI=1S/C15H14ClNOS/c1-18-11-6-7-13-15(10-11)19-14-5-3-2-4-12(14)17(13)9-8-16/h2-7,10H,8-9H2,1H3. The van der Waals surface area contributed by atoms with Crippen LogP contribution in [-0.4, -0.2) is 19.5 Å². The zero-order valence-electron chi connectivity index (χ0n) is 10.6. The third kappa shape index (κ3) is 2.28. The SMILES string of the molecule is COc1ccc2c(c1)Sc1ccccc1N2CCCl. The smallest absolute Gasteiger partial charge is 0.120 e. The highest BCUT2D eigenvalue weighted by molar-refractivity contribution is 7.99. The van der Waals surface area contributed by atoms with E-state index >= 15 is 0 Å². The maximum Gasteiger partial charge on any atom is 0.120 e. The van der Waals surface area contributed by atoms with Crippen LogP contribution in [0.3, 0.4) is 0 Å². The fraction of sp³-hybridized carbons (Fsp3) is 0.200. The lowest BCUT2D eigenvalue weighted by Gasteiger charge is -2.32. The van der Waals surface area contributed by atoms with Crippen molar-refractivity contribution in [2.75, 3.05) is 24.4 Å². The molecule has 0 atom stereocenters. The van der Waals surface area contributed by atoms with Crippen molar-refractivity contribution in [1.82, 2.24) is 0 Å². The van der Waals surface area contributed by atoms with E-state index in [0.29, 0.717) is 5.88 Å². The van der Waals surface area contributed by atoms with Crippen molar-refractivity contribution >= 4 is 34.7 Å². The molecule has 0 saturated heterocycles. The van der Waals surface area contributed by atoms with E-state index in [1.54, 1.807) is 18.9 Å². The highest BCUT2D eigenvalue weighted by Crippen LogP contribution is 2.48. The van der Waals surface area contributed by atoms with Crippen molar-refractivity contribution in [2.45, 2.75) is 9.79 Å². The van der Waals surface area contributed by atoms with E-state index in [1.165, 1.54) is 21.2 Å². The molecule has 2 nitrogen and oxygen atoms in total. The second kappa shape index (κ2) is 5.35. The van der Waals surface area contributed by atoms with Crippen LogP contribution >= 0.6 is 23.4 Å². The van der Waals surface area contributed by atoms with E-state index in [0.717, 1.165) is 12.3 Å². The number of halogens is 1. The summed E-state index contributed by atoms with van der Waals surface area (Å²) in [5.41, 5.74) is 2.43. The third-order valence-corrected chi connectivity index (χ3v) is 4.42. The van der Waals surface area contributed by atoms with Crippen molar-refractivity contribution in [1.29, 1.82) is 0 Å². The number of para-hydroxylation sites is 1. The van der Waals surface area contributed by atoms with E-state index in [4.69, 9.17) is 16.3 Å². The lowest BCUT2D eigenvalue weighted by Crippen LogP contribution is -2.22. The minimum absolute atomic E-state index is 0.602. The number of nitrogens with zero attached hydrogens (tertiary/aromatic N) is 1. The van der Waals surface area contributed by atoms with Crippen LogP contribution in [0.5, 0.6) is 5.75 Å². The average Bonchev–Trinajstić information content (AvgIpc) is 2.46. The van der Waals surface area contributed by atoms with Gasteiger partial charge in [0.2, 0.25) is 0 Å². The number of rotatable bonds is 3. The van der Waals surface area contributed by atoms with Gasteiger partial charge in [-0.2, -0.15) is 0 Å². The van der Waals surface area contributed by atoms with Gasteiger partial charge in [-0.3, -0.25) is 0 Å². The number of anilines is 2. The Labute approximate surface area is 122 Å². The van der Waals surface area contributed by atoms with Crippen molar-refractivity contribution in [3.05, 3.63) is 42.5 Å². The molecule has 2 aromatic carbocycles. The molecular weight excluding hydrogens is 278 g/mol. The molecular formula is C15H14ClNOS. The summed E-state index contributed by atoms with van der Waals surface area (Å²) < 4.78 is 5.31. The molecule has 0 saturated carbocycles. The van der Waals surface area contributed by atoms with Crippen LogP contribution in [0.1, 0.15) is 0 Å². The minimum Gasteiger partial charge on any atom is -0.497 e. The first-order chi connectivity index (χ1) is 9.33. The van der Waals surface area contributed by atoms with E-state index in [1.807, 2.05) is 6.07 Å². The van der Waals surface area contributed by atoms with Gasteiger partial charge in [0.1, 0.15) is 5.75 Å². The van der Waals surface area contributed by atoms with E-state index in [-0.39, 0.29) is 0 Å². The molecule has 0 aliphatic carbocycles. The zero-order chi connectivity index (χ0) is 13.2. The molecule has 98 valence electrons. The molecule has 0 N–H and O–H groups in total. The summed E-state index contributed by atoms with van der Waals surface area (Å²) in [6.45, 7) is 0.804. The highest BCUT2D eigenvalue weighted by atomic mass is 35.5. The molecule has 3 rings (SSSR count). The Hall–Kier alpha value is -1.32. The first-order valence-electron chi connectivity index (χ1n) is 6.12. The number of benzene rings is 2. The fourth-order valence-corrected chi connectivity index (χ4v) is 3.56. The van der Waals surface area contributed by atoms with Gasteiger partial charge in [0.15, 0.2) is 0 Å². The topological polar surface area (TPSA) is 12.5 Å². The number of hydrogen-bond acceptors (Lipinski definition) is 3. The number of ether oxygens (including phenoxy) is 1. The third-order valence-electron chi connectivity index (χ3n) is 3.14. The van der Waals surface area contributed by atoms with Gasteiger partial charge in [-0.25, -0.2) is 0 Å². The Morgan fingerprint density at radius 1 is 1.11 bits per heavy atom. The van der Waals surface area contributed by atoms with Gasteiger partial charge in [-0.1, -0.05) is 23.9 Å². The van der Waals surface area contributed by atoms with Crippen LogP contribution in [0.15, 0.2) is 52.3 Å². The van der Waals surface area contributed by atoms with Gasteiger partial charge in [-0.05, 0) is 30.3 Å². The summed E-state index contributed by atoms with van der Waals surface area (Å²) in [4.78, 5) is 4.74. The summed E-state index contributed by atoms with van der Waals surface area (Å²) in [7, 11) is 1.69. The number of fused-ring (bicyclic) bond motifs is 2. The molecule has 0 amide bonds. The second-order valence-electron chi connectivity index (χ2n) is 4.24. The van der Waals surface area contributed by atoms with Crippen LogP contribution in [0.2, 0.25) is 0 Å². The van der Waals surface area contributed by atoms with Crippen molar-refractivity contribution < 1.29 is 4.74 Å². The van der Waals surface area contributed by atoms with Crippen molar-refractivity contribution in [3.8, 4) is 5.75 Å². The summed E-state index contributed by atoms with van der Waals surface area (Å²) in [5.74, 6) is 1.49. The molecule has 2 aromatic rings. The summed E-state index contributed by atoms with van der Waals surface area (Å²) in [6.07, 6.45) is 0. The molecule has 0 fully saturated rings. The van der Waals surface area contributed by atoms with Gasteiger partial charge in [0.25, 0.3) is 0 Å². The monoisotopic (exact) mass is 291 g/mol. The molecule has 0 radical (unpaired) electrons. The molecule has 1 aliphatic rings. The van der Waals surface area contributed by atoms with Gasteiger partial charge in [0.05, 0.1) is 18.5 Å². The predicted molar refractivity (Wildman–Crippen MR) is 81.3 cm³/mol. The molecule has 0 aromatic heterocycles. The Morgan fingerprint density at radius 2 is 1.89 bits per heavy atom. The second-order valence-corrected chi connectivity index (χ2v) is 5.71. The molecule has 4 heteroatoms. The van der Waals surface area contributed by atoms with Gasteiger partial charge in [0, 0.05) is 22.2 Å². The Balaban J connectivity index is 2.10. The van der Waals surface area contributed by atoms with Crippen LogP contribution < -0.4 is 9.64 Å². The Bertz CT molecular complexity index is 602. The van der Waals surface area contributed by atoms with E-state index in [2.05, 4.69) is 41.3 Å². The highest BCUT2D eigenvalue weighted by Gasteiger charge is 2.22. The summed E-state index contributed by atoms with van der Waals surface area (Å²) in [5, 5.41) is 0. The van der Waals surface area contributed by atoms with Crippen molar-refractivity contribution in [2.24, 2.45) is 0 Å². The molecule has 0 unspecified atom stereocenters. The first-order valence-corrected chi connectivity index (χ1v) is 7.47. The van der Waals surface area contributed by atoms with Crippen LogP contribution in [0.4, 0.5) is 11.4 Å². The molecule has 19 heavy (non-hydrogen) atoms. The number of alkyl halides is 1. The van der Waals surface area contributed by atoms with Gasteiger partial charge in [-0.15, -0.1) is 11.6 Å². The molecule has 0 spiro atoms. The fourth-order valence-electron chi connectivity index (χ4n) is 2.27.